The second-order valence-electron chi connectivity index (χ2n) is 26.9. The van der Waals surface area contributed by atoms with Crippen LogP contribution in [-0.2, 0) is 32.5 Å². The maximum absolute atomic E-state index is 2.88. The lowest BCUT2D eigenvalue weighted by atomic mass is 9.42. The van der Waals surface area contributed by atoms with Crippen LogP contribution in [0.25, 0.3) is 51.5 Å². The number of rotatable bonds is 2. The Balaban J connectivity index is 1.20. The molecule has 2 aliphatic heterocycles. The van der Waals surface area contributed by atoms with Crippen molar-refractivity contribution in [3.8, 4) is 11.1 Å². The van der Waals surface area contributed by atoms with Gasteiger partial charge in [0, 0.05) is 53.2 Å². The van der Waals surface area contributed by atoms with Gasteiger partial charge in [0.2, 0.25) is 0 Å². The maximum Gasteiger partial charge on any atom is 0.333 e. The first-order valence-electron chi connectivity index (χ1n) is 27.1. The number of nitrogens with zero attached hydrogens (tertiary/aromatic N) is 2. The minimum atomic E-state index is -0.103. The molecule has 2 aromatic heterocycles. The van der Waals surface area contributed by atoms with E-state index in [-0.39, 0.29) is 39.3 Å². The molecule has 9 aromatic rings. The molecule has 5 heteroatoms. The monoisotopic (exact) mass is 976 g/mol. The molecule has 362 valence electrons. The van der Waals surface area contributed by atoms with Crippen LogP contribution in [0.2, 0.25) is 0 Å². The van der Waals surface area contributed by atoms with Crippen molar-refractivity contribution in [1.82, 2.24) is 0 Å². The maximum atomic E-state index is 2.88. The third-order valence-electron chi connectivity index (χ3n) is 19.6. The van der Waals surface area contributed by atoms with Gasteiger partial charge < -0.3 is 9.71 Å². The van der Waals surface area contributed by atoms with E-state index < -0.39 is 0 Å². The van der Waals surface area contributed by atoms with Gasteiger partial charge in [-0.05, 0) is 205 Å². The van der Waals surface area contributed by atoms with Crippen LogP contribution >= 0.6 is 22.7 Å². The molecule has 7 aromatic carbocycles. The number of aryl methyl sites for hydroxylation is 1. The minimum absolute atomic E-state index is 0.0385. The Bertz CT molecular complexity index is 3870. The lowest BCUT2D eigenvalue weighted by molar-refractivity contribution is 0.332. The molecule has 0 radical (unpaired) electrons. The van der Waals surface area contributed by atoms with E-state index in [2.05, 4.69) is 209 Å². The number of hydrogen-bond donors (Lipinski definition) is 0. The minimum Gasteiger partial charge on any atom is -0.376 e. The number of fused-ring (bicyclic) bond motifs is 15. The van der Waals surface area contributed by atoms with E-state index in [1.807, 2.05) is 22.7 Å². The molecule has 0 spiro atoms. The topological polar surface area (TPSA) is 6.48 Å². The van der Waals surface area contributed by atoms with Crippen LogP contribution in [-0.4, -0.2) is 6.85 Å². The first-order valence-corrected chi connectivity index (χ1v) is 28.7. The van der Waals surface area contributed by atoms with E-state index in [4.69, 9.17) is 0 Å². The van der Waals surface area contributed by atoms with Crippen molar-refractivity contribution in [2.75, 3.05) is 9.71 Å². The summed E-state index contributed by atoms with van der Waals surface area (Å²) in [6.07, 6.45) is 7.10. The van der Waals surface area contributed by atoms with Crippen molar-refractivity contribution < 1.29 is 0 Å². The molecular weight excluding hydrogens is 908 g/mol. The molecule has 0 bridgehead atoms. The lowest BCUT2D eigenvalue weighted by Gasteiger charge is -2.49. The van der Waals surface area contributed by atoms with Crippen LogP contribution in [0.15, 0.2) is 109 Å². The standard InChI is InChI=1S/C67H69BN2S2/c1-38-32-46-49(66(10,11)30-28-63(46,4)5)36-52(38)69-51-24-25-56-57(41-19-15-17-21-55(41)71-56)59(51)68-58-43(34-44-40-18-14-16-20-54(40)72-61(44)60(58)69)42-35-48-50(67(12,13)31-29-65(48,8)9)37-53(42)70(68)39-22-23-45-47(33-39)64(6,7)27-26-62(45,2)3/h14-25,32-37H,26-31H2,1-13H3. The van der Waals surface area contributed by atoms with Crippen molar-refractivity contribution >= 4 is 109 Å². The largest absolute Gasteiger partial charge is 0.376 e. The highest BCUT2D eigenvalue weighted by molar-refractivity contribution is 7.27. The van der Waals surface area contributed by atoms with Crippen molar-refractivity contribution in [3.63, 3.8) is 0 Å². The molecule has 72 heavy (non-hydrogen) atoms. The Kier molecular flexibility index (Phi) is 9.10. The summed E-state index contributed by atoms with van der Waals surface area (Å²) >= 11 is 3.96. The summed E-state index contributed by atoms with van der Waals surface area (Å²) in [5.41, 5.74) is 23.1. The van der Waals surface area contributed by atoms with Crippen molar-refractivity contribution in [2.24, 2.45) is 0 Å². The Morgan fingerprint density at radius 2 is 0.944 bits per heavy atom. The number of thiophene rings is 2. The average molecular weight is 977 g/mol. The van der Waals surface area contributed by atoms with E-state index in [1.54, 1.807) is 0 Å². The highest BCUT2D eigenvalue weighted by atomic mass is 32.1. The Hall–Kier alpha value is -5.36. The van der Waals surface area contributed by atoms with Crippen molar-refractivity contribution in [1.29, 1.82) is 0 Å². The fraction of sp³-hybridized carbons (Fsp3) is 0.373. The molecule has 0 N–H and O–H groups in total. The van der Waals surface area contributed by atoms with Crippen LogP contribution < -0.4 is 20.6 Å². The quantitative estimate of drug-likeness (QED) is 0.159. The van der Waals surface area contributed by atoms with Gasteiger partial charge in [0.15, 0.2) is 0 Å². The average Bonchev–Trinajstić information content (AvgIpc) is 3.92. The number of hydrogen-bond acceptors (Lipinski definition) is 4. The zero-order valence-corrected chi connectivity index (χ0v) is 46.6. The summed E-state index contributed by atoms with van der Waals surface area (Å²) in [6, 6.07) is 44.5. The van der Waals surface area contributed by atoms with E-state index in [9.17, 15) is 0 Å². The highest BCUT2D eigenvalue weighted by Gasteiger charge is 2.50. The first-order chi connectivity index (χ1) is 34.1. The molecule has 14 rings (SSSR count). The number of benzene rings is 7. The number of anilines is 5. The van der Waals surface area contributed by atoms with E-state index in [0.29, 0.717) is 0 Å². The normalized spacial score (nSPS) is 20.3. The summed E-state index contributed by atoms with van der Waals surface area (Å²) in [7, 11) is 0. The third-order valence-corrected chi connectivity index (χ3v) is 21.9. The van der Waals surface area contributed by atoms with Crippen LogP contribution in [0.4, 0.5) is 28.4 Å². The predicted molar refractivity (Wildman–Crippen MR) is 317 cm³/mol. The molecule has 0 saturated heterocycles. The highest BCUT2D eigenvalue weighted by Crippen LogP contribution is 2.58. The van der Waals surface area contributed by atoms with E-state index >= 15 is 0 Å². The molecule has 0 amide bonds. The second kappa shape index (κ2) is 14.5. The van der Waals surface area contributed by atoms with Crippen LogP contribution in [0.3, 0.4) is 0 Å². The Morgan fingerprint density at radius 1 is 0.417 bits per heavy atom. The summed E-state index contributed by atoms with van der Waals surface area (Å²) in [4.78, 5) is 5.68. The van der Waals surface area contributed by atoms with Gasteiger partial charge in [-0.25, -0.2) is 0 Å². The Morgan fingerprint density at radius 3 is 1.58 bits per heavy atom. The van der Waals surface area contributed by atoms with Crippen LogP contribution in [0.5, 0.6) is 0 Å². The molecular formula is C67H69BN2S2. The molecule has 0 unspecified atom stereocenters. The van der Waals surface area contributed by atoms with Gasteiger partial charge in [0.25, 0.3) is 0 Å². The fourth-order valence-corrected chi connectivity index (χ4v) is 17.1. The van der Waals surface area contributed by atoms with E-state index in [1.165, 1.54) is 168 Å². The molecule has 0 fully saturated rings. The van der Waals surface area contributed by atoms with Crippen molar-refractivity contribution in [2.45, 2.75) is 161 Å². The third kappa shape index (κ3) is 6.07. The summed E-state index contributed by atoms with van der Waals surface area (Å²) in [5.74, 6) is 0. The summed E-state index contributed by atoms with van der Waals surface area (Å²) in [6.45, 7) is 32.2. The zero-order chi connectivity index (χ0) is 50.0. The van der Waals surface area contributed by atoms with Crippen LogP contribution in [0.1, 0.15) is 161 Å². The molecule has 3 aliphatic carbocycles. The smallest absolute Gasteiger partial charge is 0.333 e. The van der Waals surface area contributed by atoms with Crippen LogP contribution in [0, 0.1) is 6.92 Å². The molecule has 0 saturated carbocycles. The summed E-state index contributed by atoms with van der Waals surface area (Å²) in [5, 5.41) is 5.48. The SMILES string of the molecule is Cc1cc2c(cc1N1c3ccc4sc5ccccc5c4c3B3c4c(cc5c(sc6ccccc65)c41)-c1cc4c(cc1N3c1ccc3c(c1)C(C)(C)CCC3(C)C)C(C)(C)CCC4(C)C)C(C)(C)CCC2(C)C. The van der Waals surface area contributed by atoms with Gasteiger partial charge in [-0.1, -0.05) is 132 Å². The zero-order valence-electron chi connectivity index (χ0n) is 44.9. The van der Waals surface area contributed by atoms with Crippen molar-refractivity contribution in [3.05, 3.63) is 148 Å². The molecule has 0 atom stereocenters. The molecule has 5 aliphatic rings. The van der Waals surface area contributed by atoms with Gasteiger partial charge >= 0.3 is 6.85 Å². The molecule has 4 heterocycles. The van der Waals surface area contributed by atoms with Gasteiger partial charge in [-0.15, -0.1) is 22.7 Å². The Labute approximate surface area is 436 Å². The lowest BCUT2D eigenvalue weighted by Crippen LogP contribution is -2.62. The van der Waals surface area contributed by atoms with Gasteiger partial charge in [0.1, 0.15) is 0 Å². The summed E-state index contributed by atoms with van der Waals surface area (Å²) < 4.78 is 5.45. The molecule has 2 nitrogen and oxygen atoms in total. The second-order valence-corrected chi connectivity index (χ2v) is 29.0. The van der Waals surface area contributed by atoms with E-state index in [0.717, 1.165) is 0 Å². The fourth-order valence-electron chi connectivity index (χ4n) is 14.8. The van der Waals surface area contributed by atoms with Gasteiger partial charge in [0.05, 0.1) is 10.4 Å². The van der Waals surface area contributed by atoms with Gasteiger partial charge in [-0.2, -0.15) is 0 Å². The predicted octanol–water partition coefficient (Wildman–Crippen LogP) is 18.5. The first kappa shape index (κ1) is 45.3. The van der Waals surface area contributed by atoms with Gasteiger partial charge in [-0.3, -0.25) is 0 Å².